The van der Waals surface area contributed by atoms with Crippen LogP contribution in [0.25, 0.3) is 0 Å². The number of nitrogen functional groups attached to an aromatic ring is 1. The summed E-state index contributed by atoms with van der Waals surface area (Å²) in [6.45, 7) is 0. The molecule has 0 saturated carbocycles. The van der Waals surface area contributed by atoms with Crippen LogP contribution in [0.1, 0.15) is 10.4 Å². The van der Waals surface area contributed by atoms with Gasteiger partial charge < -0.3 is 20.5 Å². The molecule has 0 aliphatic heterocycles. The Morgan fingerprint density at radius 3 is 2.57 bits per heavy atom. The molecule has 0 unspecified atom stereocenters. The zero-order chi connectivity index (χ0) is 15.4. The van der Waals surface area contributed by atoms with E-state index in [1.165, 1.54) is 7.11 Å². The van der Waals surface area contributed by atoms with Gasteiger partial charge in [0.2, 0.25) is 0 Å². The third-order valence-electron chi connectivity index (χ3n) is 2.84. The molecule has 21 heavy (non-hydrogen) atoms. The van der Waals surface area contributed by atoms with Crippen LogP contribution >= 0.6 is 15.9 Å². The average Bonchev–Trinajstić information content (AvgIpc) is 2.48. The van der Waals surface area contributed by atoms with Crippen molar-refractivity contribution in [2.24, 2.45) is 0 Å². The molecule has 2 rings (SSSR count). The van der Waals surface area contributed by atoms with Gasteiger partial charge in [0.1, 0.15) is 11.5 Å². The number of methoxy groups -OCH3 is 2. The summed E-state index contributed by atoms with van der Waals surface area (Å²) in [6.07, 6.45) is 0. The van der Waals surface area contributed by atoms with Crippen molar-refractivity contribution in [2.45, 2.75) is 0 Å². The number of hydrogen-bond donors (Lipinski definition) is 2. The summed E-state index contributed by atoms with van der Waals surface area (Å²) in [5.74, 6) is 0.900. The average molecular weight is 351 g/mol. The Hall–Kier alpha value is -2.21. The fraction of sp³-hybridized carbons (Fsp3) is 0.133. The fourth-order valence-corrected chi connectivity index (χ4v) is 2.22. The van der Waals surface area contributed by atoms with Crippen molar-refractivity contribution in [3.63, 3.8) is 0 Å². The van der Waals surface area contributed by atoms with Crippen LogP contribution in [0, 0.1) is 0 Å². The second kappa shape index (κ2) is 6.49. The van der Waals surface area contributed by atoms with Gasteiger partial charge in [-0.05, 0) is 40.2 Å². The van der Waals surface area contributed by atoms with Gasteiger partial charge in [-0.2, -0.15) is 0 Å². The highest BCUT2D eigenvalue weighted by molar-refractivity contribution is 9.10. The molecule has 0 fully saturated rings. The Morgan fingerprint density at radius 2 is 1.90 bits per heavy atom. The first kappa shape index (κ1) is 15.2. The summed E-state index contributed by atoms with van der Waals surface area (Å²) in [6, 6.07) is 10.2. The van der Waals surface area contributed by atoms with Crippen LogP contribution in [0.15, 0.2) is 40.9 Å². The van der Waals surface area contributed by atoms with Gasteiger partial charge in [0.05, 0.1) is 18.7 Å². The molecule has 1 amide bonds. The van der Waals surface area contributed by atoms with Crippen molar-refractivity contribution in [2.75, 3.05) is 25.3 Å². The Labute approximate surface area is 131 Å². The van der Waals surface area contributed by atoms with Gasteiger partial charge in [-0.3, -0.25) is 4.79 Å². The Bertz CT molecular complexity index is 674. The maximum Gasteiger partial charge on any atom is 0.255 e. The van der Waals surface area contributed by atoms with E-state index in [0.717, 1.165) is 4.47 Å². The quantitative estimate of drug-likeness (QED) is 0.829. The molecular formula is C15H15BrN2O3. The molecule has 110 valence electrons. The summed E-state index contributed by atoms with van der Waals surface area (Å²) < 4.78 is 11.1. The molecule has 0 aliphatic carbocycles. The molecule has 5 nitrogen and oxygen atoms in total. The lowest BCUT2D eigenvalue weighted by molar-refractivity contribution is 0.102. The zero-order valence-electron chi connectivity index (χ0n) is 11.6. The first-order valence-corrected chi connectivity index (χ1v) is 6.92. The maximum absolute atomic E-state index is 12.2. The summed E-state index contributed by atoms with van der Waals surface area (Å²) in [5.41, 5.74) is 7.26. The van der Waals surface area contributed by atoms with Crippen molar-refractivity contribution in [1.82, 2.24) is 0 Å². The van der Waals surface area contributed by atoms with E-state index in [9.17, 15) is 4.79 Å². The summed E-state index contributed by atoms with van der Waals surface area (Å²) >= 11 is 3.36. The summed E-state index contributed by atoms with van der Waals surface area (Å²) in [4.78, 5) is 12.2. The lowest BCUT2D eigenvalue weighted by Gasteiger charge is -2.10. The Balaban J connectivity index is 2.23. The SMILES string of the molecule is COc1cc(N)cc(C(=O)Nc2ccc(Br)c(OC)c2)c1. The molecule has 2 aromatic carbocycles. The smallest absolute Gasteiger partial charge is 0.255 e. The van der Waals surface area contributed by atoms with Gasteiger partial charge in [-0.25, -0.2) is 0 Å². The second-order valence-corrected chi connectivity index (χ2v) is 5.15. The highest BCUT2D eigenvalue weighted by Crippen LogP contribution is 2.28. The van der Waals surface area contributed by atoms with Gasteiger partial charge in [-0.1, -0.05) is 0 Å². The monoisotopic (exact) mass is 350 g/mol. The first-order valence-electron chi connectivity index (χ1n) is 6.13. The normalized spacial score (nSPS) is 10.0. The predicted molar refractivity (Wildman–Crippen MR) is 86.1 cm³/mol. The zero-order valence-corrected chi connectivity index (χ0v) is 13.2. The molecule has 0 spiro atoms. The van der Waals surface area contributed by atoms with Gasteiger partial charge in [0.15, 0.2) is 0 Å². The van der Waals surface area contributed by atoms with Crippen molar-refractivity contribution in [3.05, 3.63) is 46.4 Å². The van der Waals surface area contributed by atoms with Crippen molar-refractivity contribution in [1.29, 1.82) is 0 Å². The minimum atomic E-state index is -0.273. The number of amides is 1. The Morgan fingerprint density at radius 1 is 1.14 bits per heavy atom. The van der Waals surface area contributed by atoms with Crippen LogP contribution in [0.3, 0.4) is 0 Å². The van der Waals surface area contributed by atoms with Gasteiger partial charge in [-0.15, -0.1) is 0 Å². The summed E-state index contributed by atoms with van der Waals surface area (Å²) in [5, 5.41) is 2.79. The van der Waals surface area contributed by atoms with Crippen LogP contribution in [0.5, 0.6) is 11.5 Å². The van der Waals surface area contributed by atoms with Gasteiger partial charge >= 0.3 is 0 Å². The molecule has 0 heterocycles. The van der Waals surface area contributed by atoms with E-state index in [2.05, 4.69) is 21.2 Å². The predicted octanol–water partition coefficient (Wildman–Crippen LogP) is 3.30. The van der Waals surface area contributed by atoms with Crippen LogP contribution in [-0.4, -0.2) is 20.1 Å². The fourth-order valence-electron chi connectivity index (χ4n) is 1.81. The number of hydrogen-bond acceptors (Lipinski definition) is 4. The number of carbonyl (C=O) groups is 1. The molecule has 0 radical (unpaired) electrons. The maximum atomic E-state index is 12.2. The third kappa shape index (κ3) is 3.66. The van der Waals surface area contributed by atoms with E-state index in [1.807, 2.05) is 0 Å². The first-order chi connectivity index (χ1) is 10.0. The van der Waals surface area contributed by atoms with E-state index in [0.29, 0.717) is 28.4 Å². The van der Waals surface area contributed by atoms with Crippen LogP contribution in [0.4, 0.5) is 11.4 Å². The third-order valence-corrected chi connectivity index (χ3v) is 3.49. The van der Waals surface area contributed by atoms with Gasteiger partial charge in [0.25, 0.3) is 5.91 Å². The molecule has 3 N–H and O–H groups in total. The number of nitrogens with one attached hydrogen (secondary N) is 1. The molecule has 6 heteroatoms. The number of halogens is 1. The molecule has 0 aromatic heterocycles. The van der Waals surface area contributed by atoms with Crippen LogP contribution in [0.2, 0.25) is 0 Å². The molecule has 0 atom stereocenters. The largest absolute Gasteiger partial charge is 0.497 e. The topological polar surface area (TPSA) is 73.6 Å². The van der Waals surface area contributed by atoms with Gasteiger partial charge in [0, 0.05) is 29.1 Å². The lowest BCUT2D eigenvalue weighted by Crippen LogP contribution is -2.12. The number of anilines is 2. The lowest BCUT2D eigenvalue weighted by atomic mass is 10.1. The minimum absolute atomic E-state index is 0.273. The van der Waals surface area contributed by atoms with Crippen LogP contribution < -0.4 is 20.5 Å². The standard InChI is InChI=1S/C15H15BrN2O3/c1-20-12-6-9(5-10(17)7-12)15(19)18-11-3-4-13(16)14(8-11)21-2/h3-8H,17H2,1-2H3,(H,18,19). The van der Waals surface area contributed by atoms with E-state index in [1.54, 1.807) is 43.5 Å². The highest BCUT2D eigenvalue weighted by Gasteiger charge is 2.10. The number of rotatable bonds is 4. The van der Waals surface area contributed by atoms with E-state index < -0.39 is 0 Å². The Kier molecular flexibility index (Phi) is 4.70. The van der Waals surface area contributed by atoms with Crippen molar-refractivity contribution < 1.29 is 14.3 Å². The van der Waals surface area contributed by atoms with Crippen molar-refractivity contribution in [3.8, 4) is 11.5 Å². The molecular weight excluding hydrogens is 336 g/mol. The number of nitrogens with two attached hydrogens (primary N) is 1. The number of ether oxygens (including phenoxy) is 2. The van der Waals surface area contributed by atoms with E-state index >= 15 is 0 Å². The molecule has 0 bridgehead atoms. The van der Waals surface area contributed by atoms with E-state index in [-0.39, 0.29) is 5.91 Å². The van der Waals surface area contributed by atoms with Crippen molar-refractivity contribution >= 4 is 33.2 Å². The van der Waals surface area contributed by atoms with E-state index in [4.69, 9.17) is 15.2 Å². The second-order valence-electron chi connectivity index (χ2n) is 4.30. The number of benzene rings is 2. The molecule has 0 aliphatic rings. The highest BCUT2D eigenvalue weighted by atomic mass is 79.9. The molecule has 2 aromatic rings. The summed E-state index contributed by atoms with van der Waals surface area (Å²) in [7, 11) is 3.09. The molecule has 0 saturated heterocycles. The van der Waals surface area contributed by atoms with Crippen LogP contribution in [-0.2, 0) is 0 Å². The number of carbonyl (C=O) groups excluding carboxylic acids is 1. The minimum Gasteiger partial charge on any atom is -0.497 e.